The smallest absolute Gasteiger partial charge is 0.342 e. The van der Waals surface area contributed by atoms with Crippen molar-refractivity contribution in [1.82, 2.24) is 0 Å². The standard InChI is InChI=1S/C5H6O3/c1-2-7-5(6)4-3-8-4/h2,4H,1,3H2. The lowest BCUT2D eigenvalue weighted by Crippen LogP contribution is -2.06. The van der Waals surface area contributed by atoms with Crippen molar-refractivity contribution in [2.75, 3.05) is 6.61 Å². The molecule has 0 aromatic rings. The first-order valence-electron chi connectivity index (χ1n) is 2.27. The van der Waals surface area contributed by atoms with E-state index in [1.807, 2.05) is 0 Å². The molecule has 0 radical (unpaired) electrons. The van der Waals surface area contributed by atoms with Crippen molar-refractivity contribution in [3.63, 3.8) is 0 Å². The van der Waals surface area contributed by atoms with Crippen LogP contribution in [0, 0.1) is 0 Å². The Balaban J connectivity index is 2.22. The van der Waals surface area contributed by atoms with Gasteiger partial charge in [-0.3, -0.25) is 0 Å². The maximum atomic E-state index is 10.4. The van der Waals surface area contributed by atoms with Crippen molar-refractivity contribution in [2.45, 2.75) is 6.10 Å². The summed E-state index contributed by atoms with van der Waals surface area (Å²) in [5.41, 5.74) is 0. The van der Waals surface area contributed by atoms with Crippen LogP contribution in [-0.2, 0) is 14.3 Å². The second-order valence-electron chi connectivity index (χ2n) is 1.43. The minimum Gasteiger partial charge on any atom is -0.433 e. The van der Waals surface area contributed by atoms with Gasteiger partial charge in [0.25, 0.3) is 0 Å². The number of carbonyl (C=O) groups is 1. The fourth-order valence-corrected chi connectivity index (χ4v) is 0.342. The molecule has 1 rings (SSSR count). The quantitative estimate of drug-likeness (QED) is 0.290. The van der Waals surface area contributed by atoms with Crippen LogP contribution in [-0.4, -0.2) is 18.7 Å². The first-order valence-corrected chi connectivity index (χ1v) is 2.27. The number of rotatable bonds is 2. The van der Waals surface area contributed by atoms with Gasteiger partial charge in [0.1, 0.15) is 0 Å². The Morgan fingerprint density at radius 2 is 2.62 bits per heavy atom. The van der Waals surface area contributed by atoms with Gasteiger partial charge in [0, 0.05) is 0 Å². The Hall–Kier alpha value is -0.830. The third-order valence-corrected chi connectivity index (χ3v) is 0.796. The van der Waals surface area contributed by atoms with Gasteiger partial charge in [-0.1, -0.05) is 6.58 Å². The van der Waals surface area contributed by atoms with Crippen molar-refractivity contribution in [2.24, 2.45) is 0 Å². The van der Waals surface area contributed by atoms with E-state index in [-0.39, 0.29) is 12.1 Å². The third kappa shape index (κ3) is 1.07. The van der Waals surface area contributed by atoms with E-state index >= 15 is 0 Å². The fourth-order valence-electron chi connectivity index (χ4n) is 0.342. The summed E-state index contributed by atoms with van der Waals surface area (Å²) in [6, 6.07) is 0. The molecule has 1 aliphatic rings. The zero-order valence-corrected chi connectivity index (χ0v) is 4.29. The Kier molecular flexibility index (Phi) is 1.30. The molecule has 1 aliphatic heterocycles. The summed E-state index contributed by atoms with van der Waals surface area (Å²) in [5.74, 6) is -0.347. The molecule has 1 heterocycles. The molecule has 1 fully saturated rings. The van der Waals surface area contributed by atoms with Crippen molar-refractivity contribution in [3.8, 4) is 0 Å². The lowest BCUT2D eigenvalue weighted by molar-refractivity contribution is -0.139. The zero-order valence-electron chi connectivity index (χ0n) is 4.29. The molecule has 44 valence electrons. The predicted molar refractivity (Wildman–Crippen MR) is 26.0 cm³/mol. The highest BCUT2D eigenvalue weighted by Gasteiger charge is 2.32. The second kappa shape index (κ2) is 1.96. The molecule has 8 heavy (non-hydrogen) atoms. The van der Waals surface area contributed by atoms with Crippen LogP contribution < -0.4 is 0 Å². The number of hydrogen-bond donors (Lipinski definition) is 0. The van der Waals surface area contributed by atoms with Gasteiger partial charge in [-0.15, -0.1) is 0 Å². The molecule has 0 aliphatic carbocycles. The maximum Gasteiger partial charge on any atom is 0.342 e. The summed E-state index contributed by atoms with van der Waals surface area (Å²) in [6.07, 6.45) is 0.789. The van der Waals surface area contributed by atoms with Gasteiger partial charge in [0.2, 0.25) is 0 Å². The molecule has 0 amide bonds. The number of hydrogen-bond acceptors (Lipinski definition) is 3. The number of ether oxygens (including phenoxy) is 2. The lowest BCUT2D eigenvalue weighted by atomic mass is 10.5. The first-order chi connectivity index (χ1) is 3.84. The third-order valence-electron chi connectivity index (χ3n) is 0.796. The van der Waals surface area contributed by atoms with Crippen molar-refractivity contribution < 1.29 is 14.3 Å². The summed E-state index contributed by atoms with van der Waals surface area (Å²) >= 11 is 0. The van der Waals surface area contributed by atoms with E-state index in [2.05, 4.69) is 16.1 Å². The SMILES string of the molecule is C=COC(=O)C1CO1. The molecule has 0 bridgehead atoms. The maximum absolute atomic E-state index is 10.4. The number of epoxide rings is 1. The summed E-state index contributed by atoms with van der Waals surface area (Å²) in [7, 11) is 0. The van der Waals surface area contributed by atoms with Crippen molar-refractivity contribution in [1.29, 1.82) is 0 Å². The van der Waals surface area contributed by atoms with E-state index in [1.54, 1.807) is 0 Å². The van der Waals surface area contributed by atoms with Gasteiger partial charge in [-0.05, 0) is 0 Å². The Bertz CT molecular complexity index is 115. The van der Waals surface area contributed by atoms with Crippen LogP contribution in [0.5, 0.6) is 0 Å². The molecular formula is C5H6O3. The second-order valence-corrected chi connectivity index (χ2v) is 1.43. The van der Waals surface area contributed by atoms with Crippen LogP contribution in [0.4, 0.5) is 0 Å². The van der Waals surface area contributed by atoms with Crippen LogP contribution in [0.25, 0.3) is 0 Å². The molecule has 0 aromatic heterocycles. The minimum absolute atomic E-state index is 0.312. The molecular weight excluding hydrogens is 108 g/mol. The molecule has 1 atom stereocenters. The topological polar surface area (TPSA) is 38.8 Å². The van der Waals surface area contributed by atoms with E-state index in [0.717, 1.165) is 6.26 Å². The molecule has 0 spiro atoms. The van der Waals surface area contributed by atoms with Crippen LogP contribution >= 0.6 is 0 Å². The van der Waals surface area contributed by atoms with Crippen molar-refractivity contribution in [3.05, 3.63) is 12.8 Å². The Morgan fingerprint density at radius 1 is 2.00 bits per heavy atom. The van der Waals surface area contributed by atoms with Crippen LogP contribution in [0.2, 0.25) is 0 Å². The summed E-state index contributed by atoms with van der Waals surface area (Å²) in [4.78, 5) is 10.4. The van der Waals surface area contributed by atoms with Gasteiger partial charge < -0.3 is 9.47 Å². The molecule has 3 nitrogen and oxygen atoms in total. The lowest BCUT2D eigenvalue weighted by Gasteiger charge is -1.88. The normalized spacial score (nSPS) is 24.2. The highest BCUT2D eigenvalue weighted by Crippen LogP contribution is 2.09. The van der Waals surface area contributed by atoms with Gasteiger partial charge >= 0.3 is 5.97 Å². The van der Waals surface area contributed by atoms with Crippen LogP contribution in [0.3, 0.4) is 0 Å². The van der Waals surface area contributed by atoms with Gasteiger partial charge in [0.15, 0.2) is 6.10 Å². The van der Waals surface area contributed by atoms with E-state index in [9.17, 15) is 4.79 Å². The van der Waals surface area contributed by atoms with E-state index in [0.29, 0.717) is 6.61 Å². The highest BCUT2D eigenvalue weighted by molar-refractivity contribution is 5.77. The highest BCUT2D eigenvalue weighted by atomic mass is 16.6. The fraction of sp³-hybridized carbons (Fsp3) is 0.400. The largest absolute Gasteiger partial charge is 0.433 e. The summed E-state index contributed by atoms with van der Waals surface area (Å²) in [6.45, 7) is 3.70. The monoisotopic (exact) mass is 114 g/mol. The molecule has 0 saturated carbocycles. The average molecular weight is 114 g/mol. The van der Waals surface area contributed by atoms with Crippen molar-refractivity contribution >= 4 is 5.97 Å². The van der Waals surface area contributed by atoms with Crippen LogP contribution in [0.15, 0.2) is 12.8 Å². The summed E-state index contributed by atoms with van der Waals surface area (Å²) < 4.78 is 8.97. The molecule has 1 unspecified atom stereocenters. The zero-order chi connectivity index (χ0) is 5.98. The Morgan fingerprint density at radius 3 is 3.00 bits per heavy atom. The van der Waals surface area contributed by atoms with Gasteiger partial charge in [-0.2, -0.15) is 0 Å². The van der Waals surface area contributed by atoms with Gasteiger partial charge in [-0.25, -0.2) is 4.79 Å². The average Bonchev–Trinajstić information content (AvgIpc) is 2.45. The van der Waals surface area contributed by atoms with Gasteiger partial charge in [0.05, 0.1) is 12.9 Å². The number of carbonyl (C=O) groups excluding carboxylic acids is 1. The molecule has 0 aromatic carbocycles. The predicted octanol–water partition coefficient (Wildman–Crippen LogP) is 0.0719. The van der Waals surface area contributed by atoms with E-state index in [1.165, 1.54) is 0 Å². The molecule has 0 N–H and O–H groups in total. The van der Waals surface area contributed by atoms with E-state index in [4.69, 9.17) is 0 Å². The Labute approximate surface area is 46.9 Å². The van der Waals surface area contributed by atoms with E-state index < -0.39 is 0 Å². The summed E-state index contributed by atoms with van der Waals surface area (Å²) in [5, 5.41) is 0. The first kappa shape index (κ1) is 5.31. The minimum atomic E-state index is -0.347. The van der Waals surface area contributed by atoms with Crippen LogP contribution in [0.1, 0.15) is 0 Å². The molecule has 1 saturated heterocycles. The molecule has 3 heteroatoms. The number of esters is 1.